The van der Waals surface area contributed by atoms with Crippen molar-refractivity contribution >= 4 is 11.8 Å². The number of nitrogens with zero attached hydrogens (tertiary/aromatic N) is 1. The fraction of sp³-hybridized carbons (Fsp3) is 0.385. The van der Waals surface area contributed by atoms with E-state index in [1.807, 2.05) is 0 Å². The standard InChI is InChI=1S/C13H17FN2O2/c1-9-5-4-6-10(12(9)14)13(18)16(3)8-7-11(17)15-2/h4-6H,7-8H2,1-3H3,(H,15,17). The minimum atomic E-state index is -0.505. The Morgan fingerprint density at radius 2 is 2.06 bits per heavy atom. The van der Waals surface area contributed by atoms with Crippen LogP contribution in [-0.2, 0) is 4.79 Å². The number of hydrogen-bond donors (Lipinski definition) is 1. The van der Waals surface area contributed by atoms with E-state index in [-0.39, 0.29) is 24.4 Å². The van der Waals surface area contributed by atoms with Gasteiger partial charge in [-0.3, -0.25) is 9.59 Å². The van der Waals surface area contributed by atoms with Gasteiger partial charge in [-0.15, -0.1) is 0 Å². The molecule has 4 nitrogen and oxygen atoms in total. The zero-order chi connectivity index (χ0) is 13.7. The number of aryl methyl sites for hydroxylation is 1. The molecule has 0 aromatic heterocycles. The smallest absolute Gasteiger partial charge is 0.256 e. The fourth-order valence-electron chi connectivity index (χ4n) is 1.51. The molecule has 0 aliphatic heterocycles. The first-order valence-electron chi connectivity index (χ1n) is 5.68. The van der Waals surface area contributed by atoms with Crippen molar-refractivity contribution in [2.24, 2.45) is 0 Å². The lowest BCUT2D eigenvalue weighted by atomic mass is 10.1. The SMILES string of the molecule is CNC(=O)CCN(C)C(=O)c1cccc(C)c1F. The highest BCUT2D eigenvalue weighted by Gasteiger charge is 2.17. The van der Waals surface area contributed by atoms with E-state index >= 15 is 0 Å². The van der Waals surface area contributed by atoms with Gasteiger partial charge in [-0.25, -0.2) is 4.39 Å². The quantitative estimate of drug-likeness (QED) is 0.879. The van der Waals surface area contributed by atoms with Crippen molar-refractivity contribution in [1.29, 1.82) is 0 Å². The van der Waals surface area contributed by atoms with Crippen molar-refractivity contribution in [3.8, 4) is 0 Å². The Bertz CT molecular complexity index is 460. The molecule has 1 rings (SSSR count). The lowest BCUT2D eigenvalue weighted by Gasteiger charge is -2.17. The van der Waals surface area contributed by atoms with E-state index in [4.69, 9.17) is 0 Å². The van der Waals surface area contributed by atoms with Gasteiger partial charge in [0.25, 0.3) is 5.91 Å². The van der Waals surface area contributed by atoms with Gasteiger partial charge in [0, 0.05) is 27.1 Å². The second-order valence-electron chi connectivity index (χ2n) is 4.09. The number of nitrogens with one attached hydrogen (secondary N) is 1. The summed E-state index contributed by atoms with van der Waals surface area (Å²) in [6.07, 6.45) is 0.201. The van der Waals surface area contributed by atoms with Crippen molar-refractivity contribution in [1.82, 2.24) is 10.2 Å². The Hall–Kier alpha value is -1.91. The molecule has 0 unspecified atom stereocenters. The van der Waals surface area contributed by atoms with Crippen LogP contribution in [0.15, 0.2) is 18.2 Å². The molecular formula is C13H17FN2O2. The summed E-state index contributed by atoms with van der Waals surface area (Å²) < 4.78 is 13.8. The number of amides is 2. The third kappa shape index (κ3) is 3.29. The van der Waals surface area contributed by atoms with E-state index in [1.54, 1.807) is 26.1 Å². The molecule has 1 N–H and O–H groups in total. The summed E-state index contributed by atoms with van der Waals surface area (Å²) in [5.74, 6) is -1.08. The number of rotatable bonds is 4. The van der Waals surface area contributed by atoms with Crippen LogP contribution in [0.1, 0.15) is 22.3 Å². The van der Waals surface area contributed by atoms with Crippen LogP contribution in [-0.4, -0.2) is 37.4 Å². The molecule has 5 heteroatoms. The molecule has 0 radical (unpaired) electrons. The summed E-state index contributed by atoms with van der Waals surface area (Å²) in [7, 11) is 3.08. The van der Waals surface area contributed by atoms with Gasteiger partial charge < -0.3 is 10.2 Å². The molecule has 2 amide bonds. The number of carbonyl (C=O) groups is 2. The molecule has 0 fully saturated rings. The Kier molecular flexibility index (Phi) is 4.83. The highest BCUT2D eigenvalue weighted by atomic mass is 19.1. The van der Waals surface area contributed by atoms with Crippen molar-refractivity contribution in [2.75, 3.05) is 20.6 Å². The first-order chi connectivity index (χ1) is 8.47. The summed E-state index contributed by atoms with van der Waals surface area (Å²) in [5.41, 5.74) is 0.468. The van der Waals surface area contributed by atoms with Crippen LogP contribution in [0.5, 0.6) is 0 Å². The minimum absolute atomic E-state index is 0.0365. The van der Waals surface area contributed by atoms with Gasteiger partial charge in [-0.1, -0.05) is 12.1 Å². The van der Waals surface area contributed by atoms with E-state index in [9.17, 15) is 14.0 Å². The maximum atomic E-state index is 13.8. The van der Waals surface area contributed by atoms with Gasteiger partial charge in [0.1, 0.15) is 5.82 Å². The van der Waals surface area contributed by atoms with Crippen LogP contribution in [0, 0.1) is 12.7 Å². The minimum Gasteiger partial charge on any atom is -0.359 e. The fourth-order valence-corrected chi connectivity index (χ4v) is 1.51. The molecule has 0 atom stereocenters. The summed E-state index contributed by atoms with van der Waals surface area (Å²) in [6.45, 7) is 1.86. The van der Waals surface area contributed by atoms with Crippen LogP contribution in [0.4, 0.5) is 4.39 Å². The van der Waals surface area contributed by atoms with Gasteiger partial charge >= 0.3 is 0 Å². The summed E-state index contributed by atoms with van der Waals surface area (Å²) in [6, 6.07) is 4.69. The molecule has 1 aromatic carbocycles. The zero-order valence-electron chi connectivity index (χ0n) is 10.8. The van der Waals surface area contributed by atoms with Gasteiger partial charge in [0.2, 0.25) is 5.91 Å². The highest BCUT2D eigenvalue weighted by molar-refractivity contribution is 5.94. The molecular weight excluding hydrogens is 235 g/mol. The second-order valence-corrected chi connectivity index (χ2v) is 4.09. The third-order valence-electron chi connectivity index (χ3n) is 2.72. The predicted molar refractivity (Wildman–Crippen MR) is 66.8 cm³/mol. The molecule has 0 aliphatic rings. The Morgan fingerprint density at radius 3 is 2.67 bits per heavy atom. The van der Waals surface area contributed by atoms with Crippen LogP contribution in [0.2, 0.25) is 0 Å². The lowest BCUT2D eigenvalue weighted by molar-refractivity contribution is -0.120. The molecule has 0 bridgehead atoms. The molecule has 0 saturated heterocycles. The molecule has 0 spiro atoms. The second kappa shape index (κ2) is 6.14. The van der Waals surface area contributed by atoms with Crippen molar-refractivity contribution in [3.05, 3.63) is 35.1 Å². The van der Waals surface area contributed by atoms with Crippen molar-refractivity contribution in [2.45, 2.75) is 13.3 Å². The van der Waals surface area contributed by atoms with E-state index in [0.717, 1.165) is 0 Å². The van der Waals surface area contributed by atoms with E-state index < -0.39 is 11.7 Å². The highest BCUT2D eigenvalue weighted by Crippen LogP contribution is 2.13. The number of benzene rings is 1. The summed E-state index contributed by atoms with van der Waals surface area (Å²) in [4.78, 5) is 24.4. The van der Waals surface area contributed by atoms with E-state index in [2.05, 4.69) is 5.32 Å². The first kappa shape index (κ1) is 14.2. The topological polar surface area (TPSA) is 49.4 Å². The molecule has 0 aliphatic carbocycles. The van der Waals surface area contributed by atoms with Gasteiger partial charge in [0.15, 0.2) is 0 Å². The van der Waals surface area contributed by atoms with Gasteiger partial charge in [-0.05, 0) is 18.6 Å². The van der Waals surface area contributed by atoms with Crippen molar-refractivity contribution < 1.29 is 14.0 Å². The van der Waals surface area contributed by atoms with E-state index in [1.165, 1.54) is 18.0 Å². The van der Waals surface area contributed by atoms with Crippen LogP contribution < -0.4 is 5.32 Å². The van der Waals surface area contributed by atoms with E-state index in [0.29, 0.717) is 5.56 Å². The Balaban J connectivity index is 2.74. The monoisotopic (exact) mass is 252 g/mol. The van der Waals surface area contributed by atoms with Crippen LogP contribution >= 0.6 is 0 Å². The van der Waals surface area contributed by atoms with Crippen LogP contribution in [0.3, 0.4) is 0 Å². The first-order valence-corrected chi connectivity index (χ1v) is 5.68. The average Bonchev–Trinajstić information content (AvgIpc) is 2.37. The Labute approximate surface area is 106 Å². The lowest BCUT2D eigenvalue weighted by Crippen LogP contribution is -2.32. The number of carbonyl (C=O) groups excluding carboxylic acids is 2. The zero-order valence-corrected chi connectivity index (χ0v) is 10.8. The molecule has 0 heterocycles. The van der Waals surface area contributed by atoms with Crippen molar-refractivity contribution in [3.63, 3.8) is 0 Å². The summed E-state index contributed by atoms with van der Waals surface area (Å²) >= 11 is 0. The maximum Gasteiger partial charge on any atom is 0.256 e. The predicted octanol–water partition coefficient (Wildman–Crippen LogP) is 1.34. The largest absolute Gasteiger partial charge is 0.359 e. The van der Waals surface area contributed by atoms with Crippen LogP contribution in [0.25, 0.3) is 0 Å². The van der Waals surface area contributed by atoms with Gasteiger partial charge in [-0.2, -0.15) is 0 Å². The molecule has 98 valence electrons. The maximum absolute atomic E-state index is 13.8. The van der Waals surface area contributed by atoms with Gasteiger partial charge in [0.05, 0.1) is 5.56 Å². The summed E-state index contributed by atoms with van der Waals surface area (Å²) in [5, 5.41) is 2.47. The molecule has 1 aromatic rings. The third-order valence-corrected chi connectivity index (χ3v) is 2.72. The number of hydrogen-bond acceptors (Lipinski definition) is 2. The normalized spacial score (nSPS) is 10.0. The Morgan fingerprint density at radius 1 is 1.39 bits per heavy atom. The molecule has 18 heavy (non-hydrogen) atoms. The number of halogens is 1. The average molecular weight is 252 g/mol. The molecule has 0 saturated carbocycles.